The molecule has 2 atom stereocenters. The molecule has 0 aromatic heterocycles. The third kappa shape index (κ3) is 6.18. The lowest BCUT2D eigenvalue weighted by molar-refractivity contribution is -0.128. The Labute approximate surface area is 190 Å². The highest BCUT2D eigenvalue weighted by Crippen LogP contribution is 2.22. The number of anilines is 1. The molecule has 0 radical (unpaired) electrons. The lowest BCUT2D eigenvalue weighted by atomic mass is 9.99. The molecule has 3 rings (SSSR count). The van der Waals surface area contributed by atoms with E-state index < -0.39 is 0 Å². The molecular formula is C24H35N5O3. The Hall–Kier alpha value is -2.68. The van der Waals surface area contributed by atoms with Gasteiger partial charge in [-0.15, -0.1) is 0 Å². The fourth-order valence-electron chi connectivity index (χ4n) is 4.16. The Bertz CT molecular complexity index is 831. The molecule has 2 fully saturated rings. The van der Waals surface area contributed by atoms with Crippen molar-refractivity contribution in [1.82, 2.24) is 10.2 Å². The van der Waals surface area contributed by atoms with Crippen molar-refractivity contribution in [3.05, 3.63) is 53.9 Å². The predicted molar refractivity (Wildman–Crippen MR) is 127 cm³/mol. The summed E-state index contributed by atoms with van der Waals surface area (Å²) in [5, 5.41) is 6.94. The van der Waals surface area contributed by atoms with E-state index in [9.17, 15) is 4.79 Å². The zero-order valence-electron chi connectivity index (χ0n) is 19.0. The first-order valence-electron chi connectivity index (χ1n) is 11.2. The maximum atomic E-state index is 13.3. The first-order chi connectivity index (χ1) is 15.5. The van der Waals surface area contributed by atoms with Crippen LogP contribution in [-0.2, 0) is 14.3 Å². The maximum absolute atomic E-state index is 13.3. The average molecular weight is 442 g/mol. The van der Waals surface area contributed by atoms with Gasteiger partial charge in [0.05, 0.1) is 19.0 Å². The topological polar surface area (TPSA) is 101 Å². The lowest BCUT2D eigenvalue weighted by Gasteiger charge is -2.38. The molecule has 1 aromatic carbocycles. The smallest absolute Gasteiger partial charge is 0.272 e. The molecule has 0 spiro atoms. The number of amides is 1. The van der Waals surface area contributed by atoms with E-state index in [-0.39, 0.29) is 18.1 Å². The number of carbonyl (C=O) groups is 1. The summed E-state index contributed by atoms with van der Waals surface area (Å²) in [6.07, 6.45) is 3.92. The van der Waals surface area contributed by atoms with E-state index in [4.69, 9.17) is 15.2 Å². The zero-order chi connectivity index (χ0) is 22.9. The van der Waals surface area contributed by atoms with Gasteiger partial charge in [0.2, 0.25) is 0 Å². The standard InChI is InChI=1S/C24H35N5O3/c1-17(18(2)27-19-7-5-4-6-8-19)23(26-16-25)24(30)29-12-9-20(10-13-29)28-21-11-14-32-15-22(21)31-3/h4-8,16,20-22,27-28H,2,9-15H2,1,3H3,(H2,25,26)/b23-17-. The van der Waals surface area contributed by atoms with Crippen molar-refractivity contribution in [2.45, 2.75) is 44.4 Å². The fraction of sp³-hybridized carbons (Fsp3) is 0.500. The summed E-state index contributed by atoms with van der Waals surface area (Å²) < 4.78 is 11.1. The minimum atomic E-state index is -0.125. The van der Waals surface area contributed by atoms with Crippen molar-refractivity contribution in [3.63, 3.8) is 0 Å². The summed E-state index contributed by atoms with van der Waals surface area (Å²) in [4.78, 5) is 19.3. The minimum absolute atomic E-state index is 0.0719. The van der Waals surface area contributed by atoms with E-state index in [0.29, 0.717) is 42.7 Å². The summed E-state index contributed by atoms with van der Waals surface area (Å²) in [7, 11) is 1.73. The van der Waals surface area contributed by atoms with Gasteiger partial charge in [-0.05, 0) is 38.3 Å². The molecular weight excluding hydrogens is 406 g/mol. The Morgan fingerprint density at radius 3 is 2.66 bits per heavy atom. The van der Waals surface area contributed by atoms with Gasteiger partial charge < -0.3 is 30.7 Å². The van der Waals surface area contributed by atoms with Gasteiger partial charge in [-0.25, -0.2) is 4.99 Å². The van der Waals surface area contributed by atoms with Crippen LogP contribution in [0.3, 0.4) is 0 Å². The van der Waals surface area contributed by atoms with Gasteiger partial charge in [0.15, 0.2) is 0 Å². The van der Waals surface area contributed by atoms with Crippen LogP contribution in [0.1, 0.15) is 26.2 Å². The van der Waals surface area contributed by atoms with E-state index in [1.807, 2.05) is 42.2 Å². The Kier molecular flexibility index (Phi) is 8.84. The predicted octanol–water partition coefficient (Wildman–Crippen LogP) is 2.26. The number of rotatable bonds is 8. The summed E-state index contributed by atoms with van der Waals surface area (Å²) >= 11 is 0. The number of ether oxygens (including phenoxy) is 2. The van der Waals surface area contributed by atoms with Gasteiger partial charge in [0.25, 0.3) is 5.91 Å². The van der Waals surface area contributed by atoms with Crippen LogP contribution in [0.15, 0.2) is 58.9 Å². The van der Waals surface area contributed by atoms with Crippen LogP contribution >= 0.6 is 0 Å². The number of aliphatic imine (C=N–C) groups is 1. The first-order valence-corrected chi connectivity index (χ1v) is 11.2. The third-order valence-electron chi connectivity index (χ3n) is 6.12. The number of nitrogens with two attached hydrogens (primary N) is 1. The van der Waals surface area contributed by atoms with Crippen LogP contribution in [-0.4, -0.2) is 68.7 Å². The average Bonchev–Trinajstić information content (AvgIpc) is 2.83. The van der Waals surface area contributed by atoms with Crippen LogP contribution in [0.2, 0.25) is 0 Å². The van der Waals surface area contributed by atoms with Gasteiger partial charge in [0.1, 0.15) is 5.70 Å². The SMILES string of the molecule is C=C(Nc1ccccc1)/C(C)=C(\N=C/N)C(=O)N1CCC(NC2CCOCC2OC)CC1. The summed E-state index contributed by atoms with van der Waals surface area (Å²) in [5.74, 6) is -0.125. The van der Waals surface area contributed by atoms with Crippen molar-refractivity contribution in [2.24, 2.45) is 10.7 Å². The van der Waals surface area contributed by atoms with Crippen molar-refractivity contribution < 1.29 is 14.3 Å². The van der Waals surface area contributed by atoms with E-state index in [1.54, 1.807) is 7.11 Å². The number of nitrogens with zero attached hydrogens (tertiary/aromatic N) is 2. The van der Waals surface area contributed by atoms with Crippen LogP contribution in [0.5, 0.6) is 0 Å². The molecule has 0 saturated carbocycles. The number of likely N-dealkylation sites (tertiary alicyclic amines) is 1. The van der Waals surface area contributed by atoms with Crippen LogP contribution in [0, 0.1) is 0 Å². The summed E-state index contributed by atoms with van der Waals surface area (Å²) in [6, 6.07) is 10.3. The summed E-state index contributed by atoms with van der Waals surface area (Å²) in [6.45, 7) is 8.61. The van der Waals surface area contributed by atoms with Crippen LogP contribution in [0.4, 0.5) is 5.69 Å². The first kappa shape index (κ1) is 24.0. The second-order valence-corrected chi connectivity index (χ2v) is 8.20. The Morgan fingerprint density at radius 1 is 1.28 bits per heavy atom. The molecule has 2 aliphatic rings. The quantitative estimate of drug-likeness (QED) is 0.248. The normalized spacial score (nSPS) is 23.1. The second kappa shape index (κ2) is 11.8. The van der Waals surface area contributed by atoms with Crippen molar-refractivity contribution >= 4 is 17.9 Å². The molecule has 2 unspecified atom stereocenters. The van der Waals surface area contributed by atoms with E-state index in [2.05, 4.69) is 22.2 Å². The van der Waals surface area contributed by atoms with Gasteiger partial charge >= 0.3 is 0 Å². The molecule has 1 aromatic rings. The van der Waals surface area contributed by atoms with Crippen LogP contribution < -0.4 is 16.4 Å². The second-order valence-electron chi connectivity index (χ2n) is 8.20. The van der Waals surface area contributed by atoms with Gasteiger partial charge in [-0.3, -0.25) is 4.79 Å². The highest BCUT2D eigenvalue weighted by Gasteiger charge is 2.31. The minimum Gasteiger partial charge on any atom is -0.390 e. The van der Waals surface area contributed by atoms with Crippen molar-refractivity contribution in [2.75, 3.05) is 38.7 Å². The van der Waals surface area contributed by atoms with Crippen LogP contribution in [0.25, 0.3) is 0 Å². The van der Waals surface area contributed by atoms with Gasteiger partial charge in [0, 0.05) is 55.8 Å². The molecule has 2 saturated heterocycles. The molecule has 2 heterocycles. The number of methoxy groups -OCH3 is 1. The highest BCUT2D eigenvalue weighted by molar-refractivity contribution is 5.96. The Morgan fingerprint density at radius 2 is 2.00 bits per heavy atom. The monoisotopic (exact) mass is 441 g/mol. The largest absolute Gasteiger partial charge is 0.390 e. The molecule has 8 nitrogen and oxygen atoms in total. The van der Waals surface area contributed by atoms with E-state index in [1.165, 1.54) is 0 Å². The lowest BCUT2D eigenvalue weighted by Crippen LogP contribution is -2.54. The molecule has 4 N–H and O–H groups in total. The molecule has 1 amide bonds. The van der Waals surface area contributed by atoms with Gasteiger partial charge in [-0.1, -0.05) is 24.8 Å². The van der Waals surface area contributed by atoms with Gasteiger partial charge in [-0.2, -0.15) is 0 Å². The number of para-hydroxylation sites is 1. The Balaban J connectivity index is 1.60. The number of hydrogen-bond acceptors (Lipinski definition) is 6. The fourth-order valence-corrected chi connectivity index (χ4v) is 4.16. The highest BCUT2D eigenvalue weighted by atomic mass is 16.5. The van der Waals surface area contributed by atoms with E-state index in [0.717, 1.165) is 37.9 Å². The maximum Gasteiger partial charge on any atom is 0.272 e. The zero-order valence-corrected chi connectivity index (χ0v) is 19.0. The van der Waals surface area contributed by atoms with Crippen molar-refractivity contribution in [3.8, 4) is 0 Å². The molecule has 32 heavy (non-hydrogen) atoms. The molecule has 2 aliphatic heterocycles. The number of carbonyl (C=O) groups excluding carboxylic acids is 1. The molecule has 0 aliphatic carbocycles. The number of piperidine rings is 1. The molecule has 8 heteroatoms. The molecule has 0 bridgehead atoms. The number of benzene rings is 1. The van der Waals surface area contributed by atoms with Crippen molar-refractivity contribution in [1.29, 1.82) is 0 Å². The van der Waals surface area contributed by atoms with E-state index >= 15 is 0 Å². The third-order valence-corrected chi connectivity index (χ3v) is 6.12. The number of allylic oxidation sites excluding steroid dienone is 1. The molecule has 174 valence electrons. The summed E-state index contributed by atoms with van der Waals surface area (Å²) in [5.41, 5.74) is 8.06. The number of hydrogen-bond donors (Lipinski definition) is 3. The number of nitrogens with one attached hydrogen (secondary N) is 2.